The number of nitrogens with one attached hydrogen (secondary N) is 1. The third-order valence-electron chi connectivity index (χ3n) is 3.95. The SMILES string of the molecule is I.NC(=NCCN1C(=O)CCCC1=O)NC1CCCCC1. The molecule has 0 bridgehead atoms. The van der Waals surface area contributed by atoms with Crippen molar-refractivity contribution in [3.8, 4) is 0 Å². The molecule has 0 radical (unpaired) electrons. The van der Waals surface area contributed by atoms with Crippen molar-refractivity contribution in [2.24, 2.45) is 10.7 Å². The van der Waals surface area contributed by atoms with E-state index in [2.05, 4.69) is 10.3 Å². The molecule has 2 rings (SSSR count). The fourth-order valence-electron chi connectivity index (χ4n) is 2.82. The molecule has 0 spiro atoms. The number of carbonyl (C=O) groups excluding carboxylic acids is 2. The largest absolute Gasteiger partial charge is 0.370 e. The molecule has 7 heteroatoms. The summed E-state index contributed by atoms with van der Waals surface area (Å²) in [6, 6.07) is 0.422. The Morgan fingerprint density at radius 2 is 1.76 bits per heavy atom. The van der Waals surface area contributed by atoms with Crippen LogP contribution in [0.3, 0.4) is 0 Å². The number of hydrogen-bond donors (Lipinski definition) is 2. The average molecular weight is 408 g/mol. The van der Waals surface area contributed by atoms with Crippen LogP contribution in [0.1, 0.15) is 51.4 Å². The van der Waals surface area contributed by atoms with Gasteiger partial charge in [0.25, 0.3) is 0 Å². The zero-order chi connectivity index (χ0) is 14.4. The van der Waals surface area contributed by atoms with Gasteiger partial charge >= 0.3 is 0 Å². The van der Waals surface area contributed by atoms with Crippen LogP contribution in [0.4, 0.5) is 0 Å². The summed E-state index contributed by atoms with van der Waals surface area (Å²) < 4.78 is 0. The first-order valence-corrected chi connectivity index (χ1v) is 7.56. The van der Waals surface area contributed by atoms with Gasteiger partial charge in [-0.3, -0.25) is 19.5 Å². The van der Waals surface area contributed by atoms with Crippen LogP contribution < -0.4 is 11.1 Å². The Bertz CT molecular complexity index is 378. The minimum atomic E-state index is -0.0877. The number of likely N-dealkylation sites (tertiary alicyclic amines) is 1. The number of carbonyl (C=O) groups is 2. The number of imide groups is 1. The van der Waals surface area contributed by atoms with Crippen molar-refractivity contribution in [1.82, 2.24) is 10.2 Å². The van der Waals surface area contributed by atoms with Crippen molar-refractivity contribution in [3.63, 3.8) is 0 Å². The number of guanidine groups is 1. The minimum absolute atomic E-state index is 0. The highest BCUT2D eigenvalue weighted by molar-refractivity contribution is 14.0. The second-order valence-electron chi connectivity index (χ2n) is 5.54. The number of piperidine rings is 1. The molecule has 0 aromatic carbocycles. The standard InChI is InChI=1S/C14H24N4O2.HI/c15-14(17-11-5-2-1-3-6-11)16-9-10-18-12(19)7-4-8-13(18)20;/h11H,1-10H2,(H3,15,16,17);1H. The predicted molar refractivity (Wildman–Crippen MR) is 92.5 cm³/mol. The highest BCUT2D eigenvalue weighted by Gasteiger charge is 2.25. The maximum Gasteiger partial charge on any atom is 0.229 e. The molecule has 1 saturated carbocycles. The van der Waals surface area contributed by atoms with E-state index < -0.39 is 0 Å². The summed E-state index contributed by atoms with van der Waals surface area (Å²) in [7, 11) is 0. The van der Waals surface area contributed by atoms with Gasteiger partial charge in [0.15, 0.2) is 5.96 Å². The molecule has 1 heterocycles. The number of amides is 2. The molecule has 0 unspecified atom stereocenters. The monoisotopic (exact) mass is 408 g/mol. The molecular formula is C14H25IN4O2. The van der Waals surface area contributed by atoms with E-state index in [-0.39, 0.29) is 35.8 Å². The summed E-state index contributed by atoms with van der Waals surface area (Å²) in [5.74, 6) is 0.249. The Balaban J connectivity index is 0.00000220. The number of halogens is 1. The third-order valence-corrected chi connectivity index (χ3v) is 3.95. The molecule has 2 fully saturated rings. The summed E-state index contributed by atoms with van der Waals surface area (Å²) in [4.78, 5) is 28.7. The molecular weight excluding hydrogens is 383 g/mol. The van der Waals surface area contributed by atoms with E-state index in [1.165, 1.54) is 24.2 Å². The van der Waals surface area contributed by atoms with Crippen LogP contribution in [0.25, 0.3) is 0 Å². The summed E-state index contributed by atoms with van der Waals surface area (Å²) in [5.41, 5.74) is 5.84. The van der Waals surface area contributed by atoms with Gasteiger partial charge in [-0.1, -0.05) is 19.3 Å². The molecule has 0 aromatic heterocycles. The normalized spacial score (nSPS) is 21.1. The van der Waals surface area contributed by atoms with Gasteiger partial charge in [0, 0.05) is 25.4 Å². The lowest BCUT2D eigenvalue weighted by molar-refractivity contribution is -0.147. The molecule has 0 aromatic rings. The summed E-state index contributed by atoms with van der Waals surface area (Å²) in [6.45, 7) is 0.716. The fourth-order valence-corrected chi connectivity index (χ4v) is 2.82. The quantitative estimate of drug-likeness (QED) is 0.319. The molecule has 1 aliphatic heterocycles. The van der Waals surface area contributed by atoms with Gasteiger partial charge in [0.2, 0.25) is 11.8 Å². The van der Waals surface area contributed by atoms with E-state index in [0.717, 1.165) is 12.8 Å². The van der Waals surface area contributed by atoms with Gasteiger partial charge in [0.05, 0.1) is 6.54 Å². The van der Waals surface area contributed by atoms with Crippen molar-refractivity contribution >= 4 is 41.8 Å². The first kappa shape index (κ1) is 18.2. The van der Waals surface area contributed by atoms with Gasteiger partial charge in [-0.2, -0.15) is 0 Å². The highest BCUT2D eigenvalue weighted by atomic mass is 127. The van der Waals surface area contributed by atoms with Crippen LogP contribution in [0, 0.1) is 0 Å². The number of hydrogen-bond acceptors (Lipinski definition) is 3. The molecule has 120 valence electrons. The van der Waals surface area contributed by atoms with E-state index in [0.29, 0.717) is 44.4 Å². The van der Waals surface area contributed by atoms with Gasteiger partial charge in [0.1, 0.15) is 0 Å². The summed E-state index contributed by atoms with van der Waals surface area (Å²) in [6.07, 6.45) is 7.65. The Morgan fingerprint density at radius 3 is 2.38 bits per heavy atom. The summed E-state index contributed by atoms with van der Waals surface area (Å²) in [5, 5.41) is 3.22. The van der Waals surface area contributed by atoms with Gasteiger partial charge in [-0.25, -0.2) is 0 Å². The van der Waals surface area contributed by atoms with Crippen molar-refractivity contribution in [1.29, 1.82) is 0 Å². The first-order valence-electron chi connectivity index (χ1n) is 7.56. The Hall–Kier alpha value is -0.860. The Morgan fingerprint density at radius 1 is 1.14 bits per heavy atom. The van der Waals surface area contributed by atoms with Gasteiger partial charge < -0.3 is 11.1 Å². The maximum absolute atomic E-state index is 11.6. The molecule has 21 heavy (non-hydrogen) atoms. The Labute approximate surface area is 142 Å². The zero-order valence-electron chi connectivity index (χ0n) is 12.3. The lowest BCUT2D eigenvalue weighted by Gasteiger charge is -2.25. The van der Waals surface area contributed by atoms with E-state index in [1.54, 1.807) is 0 Å². The lowest BCUT2D eigenvalue weighted by atomic mass is 9.96. The Kier molecular flexibility index (Phi) is 7.98. The predicted octanol–water partition coefficient (Wildman–Crippen LogP) is 1.38. The molecule has 0 atom stereocenters. The molecule has 3 N–H and O–H groups in total. The minimum Gasteiger partial charge on any atom is -0.370 e. The molecule has 2 aliphatic rings. The molecule has 1 aliphatic carbocycles. The van der Waals surface area contributed by atoms with Crippen molar-refractivity contribution in [3.05, 3.63) is 0 Å². The molecule has 6 nitrogen and oxygen atoms in total. The van der Waals surface area contributed by atoms with E-state index in [9.17, 15) is 9.59 Å². The van der Waals surface area contributed by atoms with Crippen LogP contribution >= 0.6 is 24.0 Å². The number of aliphatic imine (C=N–C) groups is 1. The first-order chi connectivity index (χ1) is 9.66. The second kappa shape index (κ2) is 9.22. The zero-order valence-corrected chi connectivity index (χ0v) is 14.7. The highest BCUT2D eigenvalue weighted by Crippen LogP contribution is 2.17. The fraction of sp³-hybridized carbons (Fsp3) is 0.786. The molecule has 1 saturated heterocycles. The summed E-state index contributed by atoms with van der Waals surface area (Å²) >= 11 is 0. The van der Waals surface area contributed by atoms with E-state index in [1.807, 2.05) is 0 Å². The van der Waals surface area contributed by atoms with Gasteiger partial charge in [-0.15, -0.1) is 24.0 Å². The van der Waals surface area contributed by atoms with Crippen molar-refractivity contribution in [2.75, 3.05) is 13.1 Å². The average Bonchev–Trinajstić information content (AvgIpc) is 2.43. The van der Waals surface area contributed by atoms with Crippen LogP contribution in [-0.4, -0.2) is 41.8 Å². The van der Waals surface area contributed by atoms with Gasteiger partial charge in [-0.05, 0) is 19.3 Å². The van der Waals surface area contributed by atoms with Crippen LogP contribution in [0.15, 0.2) is 4.99 Å². The van der Waals surface area contributed by atoms with Crippen LogP contribution in [-0.2, 0) is 9.59 Å². The molecule has 2 amide bonds. The van der Waals surface area contributed by atoms with Crippen molar-refractivity contribution < 1.29 is 9.59 Å². The van der Waals surface area contributed by atoms with Crippen LogP contribution in [0.2, 0.25) is 0 Å². The lowest BCUT2D eigenvalue weighted by Crippen LogP contribution is -2.43. The number of nitrogens with two attached hydrogens (primary N) is 1. The van der Waals surface area contributed by atoms with Crippen LogP contribution in [0.5, 0.6) is 0 Å². The van der Waals surface area contributed by atoms with E-state index >= 15 is 0 Å². The number of rotatable bonds is 4. The number of nitrogens with zero attached hydrogens (tertiary/aromatic N) is 2. The van der Waals surface area contributed by atoms with Crippen molar-refractivity contribution in [2.45, 2.75) is 57.4 Å². The second-order valence-corrected chi connectivity index (χ2v) is 5.54. The third kappa shape index (κ3) is 5.80. The smallest absolute Gasteiger partial charge is 0.229 e. The van der Waals surface area contributed by atoms with E-state index in [4.69, 9.17) is 5.73 Å². The topological polar surface area (TPSA) is 87.8 Å². The maximum atomic E-state index is 11.6.